The molecule has 0 spiro atoms. The highest BCUT2D eigenvalue weighted by molar-refractivity contribution is 5.40. The Morgan fingerprint density at radius 1 is 1.48 bits per heavy atom. The first kappa shape index (κ1) is 15.7. The van der Waals surface area contributed by atoms with E-state index in [2.05, 4.69) is 31.1 Å². The molecule has 116 valence electrons. The van der Waals surface area contributed by atoms with Crippen LogP contribution in [0.2, 0.25) is 0 Å². The molecule has 0 amide bonds. The van der Waals surface area contributed by atoms with E-state index in [-0.39, 0.29) is 17.2 Å². The highest BCUT2D eigenvalue weighted by atomic mass is 16.6. The summed E-state index contributed by atoms with van der Waals surface area (Å²) in [6.07, 6.45) is 3.70. The van der Waals surface area contributed by atoms with Crippen molar-refractivity contribution in [2.45, 2.75) is 39.7 Å². The van der Waals surface area contributed by atoms with Gasteiger partial charge in [0.15, 0.2) is 0 Å². The smallest absolute Gasteiger partial charge is 0.287 e. The Morgan fingerprint density at radius 3 is 2.81 bits per heavy atom. The van der Waals surface area contributed by atoms with Crippen LogP contribution in [0.1, 0.15) is 33.6 Å². The van der Waals surface area contributed by atoms with Crippen LogP contribution >= 0.6 is 0 Å². The lowest BCUT2D eigenvalue weighted by Gasteiger charge is -2.40. The molecule has 2 atom stereocenters. The maximum atomic E-state index is 10.6. The molecule has 0 radical (unpaired) electrons. The molecule has 2 heterocycles. The molecule has 1 aromatic heterocycles. The summed E-state index contributed by atoms with van der Waals surface area (Å²) in [6.45, 7) is 8.18. The second kappa shape index (κ2) is 6.39. The molecular weight excluding hydrogens is 270 g/mol. The van der Waals surface area contributed by atoms with Crippen molar-refractivity contribution in [1.82, 2.24) is 4.98 Å². The van der Waals surface area contributed by atoms with Crippen LogP contribution in [0.25, 0.3) is 0 Å². The Kier molecular flexibility index (Phi) is 4.77. The van der Waals surface area contributed by atoms with Crippen LogP contribution < -0.4 is 5.32 Å². The number of hydrogen-bond acceptors (Lipinski definition) is 5. The molecule has 1 aliphatic rings. The van der Waals surface area contributed by atoms with Gasteiger partial charge in [0.05, 0.1) is 11.0 Å². The molecule has 1 aliphatic heterocycles. The van der Waals surface area contributed by atoms with Crippen molar-refractivity contribution in [3.63, 3.8) is 0 Å². The minimum Gasteiger partial charge on any atom is -0.377 e. The molecule has 0 bridgehead atoms. The van der Waals surface area contributed by atoms with Gasteiger partial charge in [-0.15, -0.1) is 0 Å². The summed E-state index contributed by atoms with van der Waals surface area (Å²) in [7, 11) is 0. The van der Waals surface area contributed by atoms with Gasteiger partial charge in [-0.25, -0.2) is 4.98 Å². The van der Waals surface area contributed by atoms with Gasteiger partial charge in [-0.2, -0.15) is 0 Å². The number of nitrogens with zero attached hydrogens (tertiary/aromatic N) is 2. The van der Waals surface area contributed by atoms with Crippen LogP contribution in [0.3, 0.4) is 0 Å². The molecule has 1 saturated heterocycles. The number of anilines is 1. The lowest BCUT2D eigenvalue weighted by Crippen LogP contribution is -2.42. The van der Waals surface area contributed by atoms with Gasteiger partial charge in [-0.1, -0.05) is 20.8 Å². The van der Waals surface area contributed by atoms with E-state index in [1.54, 1.807) is 6.07 Å². The van der Waals surface area contributed by atoms with E-state index in [1.807, 2.05) is 0 Å². The van der Waals surface area contributed by atoms with Gasteiger partial charge in [0, 0.05) is 25.1 Å². The highest BCUT2D eigenvalue weighted by Crippen LogP contribution is 2.34. The van der Waals surface area contributed by atoms with Gasteiger partial charge in [-0.05, 0) is 24.3 Å². The number of pyridine rings is 1. The largest absolute Gasteiger partial charge is 0.377 e. The molecular formula is C15H23N3O3. The number of aromatic nitrogens is 1. The summed E-state index contributed by atoms with van der Waals surface area (Å²) >= 11 is 0. The first-order chi connectivity index (χ1) is 9.88. The minimum atomic E-state index is -0.443. The number of nitro groups is 1. The van der Waals surface area contributed by atoms with Gasteiger partial charge >= 0.3 is 0 Å². The third-order valence-corrected chi connectivity index (χ3v) is 3.80. The minimum absolute atomic E-state index is 0.00844. The molecule has 2 rings (SSSR count). The third-order valence-electron chi connectivity index (χ3n) is 3.80. The molecule has 1 fully saturated rings. The number of rotatable bonds is 4. The Morgan fingerprint density at radius 2 is 2.24 bits per heavy atom. The van der Waals surface area contributed by atoms with E-state index >= 15 is 0 Å². The summed E-state index contributed by atoms with van der Waals surface area (Å²) in [5.74, 6) is 1.09. The Hall–Kier alpha value is -1.69. The molecule has 0 aliphatic carbocycles. The fourth-order valence-electron chi connectivity index (χ4n) is 2.84. The zero-order chi connectivity index (χ0) is 15.5. The van der Waals surface area contributed by atoms with E-state index in [4.69, 9.17) is 4.74 Å². The van der Waals surface area contributed by atoms with Crippen LogP contribution in [-0.4, -0.2) is 29.2 Å². The quantitative estimate of drug-likeness (QED) is 0.681. The van der Waals surface area contributed by atoms with E-state index in [0.717, 1.165) is 26.0 Å². The van der Waals surface area contributed by atoms with E-state index in [0.29, 0.717) is 11.7 Å². The van der Waals surface area contributed by atoms with Gasteiger partial charge in [0.2, 0.25) is 0 Å². The SMILES string of the molecule is CC(C)(C)C1OCCCC1CNc1ccc([N+](=O)[O-])cn1. The zero-order valence-corrected chi connectivity index (χ0v) is 12.8. The van der Waals surface area contributed by atoms with Gasteiger partial charge in [-0.3, -0.25) is 10.1 Å². The normalized spacial score (nSPS) is 22.8. The summed E-state index contributed by atoms with van der Waals surface area (Å²) in [5, 5.41) is 13.9. The number of nitrogens with one attached hydrogen (secondary N) is 1. The van der Waals surface area contributed by atoms with E-state index in [1.165, 1.54) is 12.3 Å². The Labute approximate surface area is 125 Å². The van der Waals surface area contributed by atoms with Crippen molar-refractivity contribution in [1.29, 1.82) is 0 Å². The van der Waals surface area contributed by atoms with Crippen molar-refractivity contribution >= 4 is 11.5 Å². The number of ether oxygens (including phenoxy) is 1. The van der Waals surface area contributed by atoms with Crippen molar-refractivity contribution in [3.05, 3.63) is 28.4 Å². The lowest BCUT2D eigenvalue weighted by molar-refractivity contribution is -0.385. The van der Waals surface area contributed by atoms with Gasteiger partial charge in [0.1, 0.15) is 12.0 Å². The van der Waals surface area contributed by atoms with Crippen LogP contribution in [0.4, 0.5) is 11.5 Å². The average Bonchev–Trinajstić information content (AvgIpc) is 2.45. The summed E-state index contributed by atoms with van der Waals surface area (Å²) in [5.41, 5.74) is 0.115. The van der Waals surface area contributed by atoms with Gasteiger partial charge in [0.25, 0.3) is 5.69 Å². The Balaban J connectivity index is 1.96. The molecule has 1 aromatic rings. The van der Waals surface area contributed by atoms with E-state index in [9.17, 15) is 10.1 Å². The second-order valence-electron chi connectivity index (χ2n) is 6.60. The van der Waals surface area contributed by atoms with Crippen LogP contribution in [0.15, 0.2) is 18.3 Å². The topological polar surface area (TPSA) is 77.3 Å². The van der Waals surface area contributed by atoms with Crippen molar-refractivity contribution in [2.24, 2.45) is 11.3 Å². The van der Waals surface area contributed by atoms with Crippen LogP contribution in [0.5, 0.6) is 0 Å². The molecule has 0 saturated carbocycles. The molecule has 2 unspecified atom stereocenters. The van der Waals surface area contributed by atoms with Crippen LogP contribution in [-0.2, 0) is 4.74 Å². The maximum Gasteiger partial charge on any atom is 0.287 e. The van der Waals surface area contributed by atoms with Crippen molar-refractivity contribution in [3.8, 4) is 0 Å². The molecule has 21 heavy (non-hydrogen) atoms. The fourth-order valence-corrected chi connectivity index (χ4v) is 2.84. The zero-order valence-electron chi connectivity index (χ0n) is 12.8. The molecule has 6 nitrogen and oxygen atoms in total. The summed E-state index contributed by atoms with van der Waals surface area (Å²) in [6, 6.07) is 3.11. The monoisotopic (exact) mass is 293 g/mol. The van der Waals surface area contributed by atoms with Crippen LogP contribution in [0, 0.1) is 21.4 Å². The molecule has 6 heteroatoms. The lowest BCUT2D eigenvalue weighted by atomic mass is 9.78. The van der Waals surface area contributed by atoms with Gasteiger partial charge < -0.3 is 10.1 Å². The first-order valence-corrected chi connectivity index (χ1v) is 7.34. The Bertz CT molecular complexity index is 482. The average molecular weight is 293 g/mol. The second-order valence-corrected chi connectivity index (χ2v) is 6.60. The standard InChI is InChI=1S/C15H23N3O3/c1-15(2,3)14-11(5-4-8-21-14)9-16-13-7-6-12(10-17-13)18(19)20/h6-7,10-11,14H,4-5,8-9H2,1-3H3,(H,16,17). The predicted molar refractivity (Wildman–Crippen MR) is 81.3 cm³/mol. The fraction of sp³-hybridized carbons (Fsp3) is 0.667. The number of hydrogen-bond donors (Lipinski definition) is 1. The predicted octanol–water partition coefficient (Wildman–Crippen LogP) is 3.24. The maximum absolute atomic E-state index is 10.6. The molecule has 0 aromatic carbocycles. The summed E-state index contributed by atoms with van der Waals surface area (Å²) < 4.78 is 5.94. The third kappa shape index (κ3) is 4.14. The van der Waals surface area contributed by atoms with E-state index < -0.39 is 4.92 Å². The highest BCUT2D eigenvalue weighted by Gasteiger charge is 2.35. The first-order valence-electron chi connectivity index (χ1n) is 7.34. The van der Waals surface area contributed by atoms with Crippen molar-refractivity contribution in [2.75, 3.05) is 18.5 Å². The summed E-state index contributed by atoms with van der Waals surface area (Å²) in [4.78, 5) is 14.2. The van der Waals surface area contributed by atoms with Crippen molar-refractivity contribution < 1.29 is 9.66 Å². The molecule has 1 N–H and O–H groups in total.